The standard InChI is InChI=1S/C15H16N4OS/c20-15-5-14-13(19(15)12-6-16-10-17-7-12)1-3-18(14)8-11-2-4-21-9-11/h2,4,6-7,9-10,13-14H,1,3,5,8H2. The maximum absolute atomic E-state index is 12.4. The molecule has 108 valence electrons. The highest BCUT2D eigenvalue weighted by Gasteiger charge is 2.47. The third-order valence-corrected chi connectivity index (χ3v) is 5.13. The Labute approximate surface area is 127 Å². The monoisotopic (exact) mass is 300 g/mol. The Morgan fingerprint density at radius 1 is 1.29 bits per heavy atom. The number of aromatic nitrogens is 2. The van der Waals surface area contributed by atoms with E-state index in [0.29, 0.717) is 12.5 Å². The topological polar surface area (TPSA) is 49.3 Å². The minimum absolute atomic E-state index is 0.190. The molecule has 4 heterocycles. The molecule has 0 aromatic carbocycles. The van der Waals surface area contributed by atoms with E-state index in [2.05, 4.69) is 31.7 Å². The third kappa shape index (κ3) is 2.24. The average Bonchev–Trinajstić information content (AvgIpc) is 3.19. The molecule has 1 amide bonds. The van der Waals surface area contributed by atoms with Crippen LogP contribution in [-0.4, -0.2) is 39.4 Å². The molecule has 0 spiro atoms. The van der Waals surface area contributed by atoms with Crippen LogP contribution in [-0.2, 0) is 11.3 Å². The minimum atomic E-state index is 0.190. The smallest absolute Gasteiger partial charge is 0.229 e. The summed E-state index contributed by atoms with van der Waals surface area (Å²) in [6.45, 7) is 1.99. The molecule has 5 nitrogen and oxygen atoms in total. The van der Waals surface area contributed by atoms with Gasteiger partial charge in [-0.05, 0) is 28.8 Å². The zero-order chi connectivity index (χ0) is 14.2. The molecule has 4 rings (SSSR count). The van der Waals surface area contributed by atoms with Gasteiger partial charge in [0.1, 0.15) is 6.33 Å². The largest absolute Gasteiger partial charge is 0.305 e. The normalized spacial score (nSPS) is 25.5. The van der Waals surface area contributed by atoms with Gasteiger partial charge in [0.2, 0.25) is 5.91 Å². The second-order valence-electron chi connectivity index (χ2n) is 5.59. The SMILES string of the molecule is O=C1CC2C(CCN2Cc2ccsc2)N1c1cncnc1. The van der Waals surface area contributed by atoms with Crippen LogP contribution in [0.15, 0.2) is 35.5 Å². The van der Waals surface area contributed by atoms with Gasteiger partial charge in [-0.1, -0.05) is 0 Å². The van der Waals surface area contributed by atoms with Crippen LogP contribution in [0.25, 0.3) is 0 Å². The van der Waals surface area contributed by atoms with Crippen LogP contribution in [0.1, 0.15) is 18.4 Å². The number of likely N-dealkylation sites (tertiary alicyclic amines) is 1. The van der Waals surface area contributed by atoms with Crippen molar-refractivity contribution >= 4 is 22.9 Å². The lowest BCUT2D eigenvalue weighted by Crippen LogP contribution is -2.37. The molecule has 0 bridgehead atoms. The fourth-order valence-corrected chi connectivity index (χ4v) is 4.15. The van der Waals surface area contributed by atoms with Gasteiger partial charge in [-0.25, -0.2) is 9.97 Å². The Hall–Kier alpha value is -1.79. The Morgan fingerprint density at radius 3 is 2.90 bits per heavy atom. The van der Waals surface area contributed by atoms with E-state index in [-0.39, 0.29) is 11.9 Å². The number of rotatable bonds is 3. The highest BCUT2D eigenvalue weighted by Crippen LogP contribution is 2.36. The lowest BCUT2D eigenvalue weighted by molar-refractivity contribution is -0.117. The first-order chi connectivity index (χ1) is 10.3. The van der Waals surface area contributed by atoms with Crippen molar-refractivity contribution in [1.82, 2.24) is 14.9 Å². The highest BCUT2D eigenvalue weighted by molar-refractivity contribution is 7.07. The van der Waals surface area contributed by atoms with Crippen LogP contribution in [0, 0.1) is 0 Å². The zero-order valence-corrected chi connectivity index (χ0v) is 12.4. The predicted molar refractivity (Wildman–Crippen MR) is 81.1 cm³/mol. The summed E-state index contributed by atoms with van der Waals surface area (Å²) in [6.07, 6.45) is 6.59. The number of fused-ring (bicyclic) bond motifs is 1. The number of anilines is 1. The van der Waals surface area contributed by atoms with E-state index >= 15 is 0 Å². The second kappa shape index (κ2) is 5.20. The van der Waals surface area contributed by atoms with Gasteiger partial charge in [-0.15, -0.1) is 0 Å². The van der Waals surface area contributed by atoms with E-state index in [9.17, 15) is 4.79 Å². The molecular weight excluding hydrogens is 284 g/mol. The van der Waals surface area contributed by atoms with Crippen LogP contribution < -0.4 is 4.90 Å². The molecule has 0 aliphatic carbocycles. The van der Waals surface area contributed by atoms with Crippen molar-refractivity contribution in [2.75, 3.05) is 11.4 Å². The lowest BCUT2D eigenvalue weighted by Gasteiger charge is -2.24. The van der Waals surface area contributed by atoms with Crippen LogP contribution in [0.3, 0.4) is 0 Å². The lowest BCUT2D eigenvalue weighted by atomic mass is 10.1. The van der Waals surface area contributed by atoms with Gasteiger partial charge in [0, 0.05) is 25.6 Å². The van der Waals surface area contributed by atoms with Gasteiger partial charge in [0.15, 0.2) is 0 Å². The van der Waals surface area contributed by atoms with Crippen molar-refractivity contribution < 1.29 is 4.79 Å². The molecule has 2 aromatic rings. The van der Waals surface area contributed by atoms with Crippen LogP contribution in [0.4, 0.5) is 5.69 Å². The van der Waals surface area contributed by atoms with Gasteiger partial charge in [0.25, 0.3) is 0 Å². The fraction of sp³-hybridized carbons (Fsp3) is 0.400. The van der Waals surface area contributed by atoms with Crippen LogP contribution in [0.5, 0.6) is 0 Å². The Bertz CT molecular complexity index is 630. The summed E-state index contributed by atoms with van der Waals surface area (Å²) in [6, 6.07) is 2.75. The Morgan fingerprint density at radius 2 is 2.14 bits per heavy atom. The summed E-state index contributed by atoms with van der Waals surface area (Å²) in [4.78, 5) is 24.8. The number of hydrogen-bond acceptors (Lipinski definition) is 5. The number of nitrogens with zero attached hydrogens (tertiary/aromatic N) is 4. The molecule has 2 aromatic heterocycles. The van der Waals surface area contributed by atoms with Crippen molar-refractivity contribution in [2.24, 2.45) is 0 Å². The van der Waals surface area contributed by atoms with Crippen molar-refractivity contribution in [2.45, 2.75) is 31.5 Å². The van der Waals surface area contributed by atoms with Crippen molar-refractivity contribution in [3.8, 4) is 0 Å². The number of hydrogen-bond donors (Lipinski definition) is 0. The Kier molecular flexibility index (Phi) is 3.20. The molecule has 0 N–H and O–H groups in total. The van der Waals surface area contributed by atoms with Crippen molar-refractivity contribution in [3.63, 3.8) is 0 Å². The van der Waals surface area contributed by atoms with E-state index in [4.69, 9.17) is 0 Å². The molecule has 2 fully saturated rings. The zero-order valence-electron chi connectivity index (χ0n) is 11.6. The first-order valence-electron chi connectivity index (χ1n) is 7.15. The molecule has 2 aliphatic rings. The first-order valence-corrected chi connectivity index (χ1v) is 8.09. The summed E-state index contributed by atoms with van der Waals surface area (Å²) in [5, 5.41) is 4.29. The maximum atomic E-state index is 12.4. The quantitative estimate of drug-likeness (QED) is 0.869. The van der Waals surface area contributed by atoms with Crippen molar-refractivity contribution in [1.29, 1.82) is 0 Å². The van der Waals surface area contributed by atoms with E-state index in [1.807, 2.05) is 4.90 Å². The molecule has 21 heavy (non-hydrogen) atoms. The summed E-state index contributed by atoms with van der Waals surface area (Å²) in [5.41, 5.74) is 2.17. The van der Waals surface area contributed by atoms with E-state index < -0.39 is 0 Å². The molecule has 2 aliphatic heterocycles. The summed E-state index contributed by atoms with van der Waals surface area (Å²) in [7, 11) is 0. The molecule has 6 heteroatoms. The number of carbonyl (C=O) groups excluding carboxylic acids is 1. The summed E-state index contributed by atoms with van der Waals surface area (Å²) >= 11 is 1.73. The maximum Gasteiger partial charge on any atom is 0.229 e. The molecular formula is C15H16N4OS. The highest BCUT2D eigenvalue weighted by atomic mass is 32.1. The number of amides is 1. The summed E-state index contributed by atoms with van der Waals surface area (Å²) in [5.74, 6) is 0.190. The Balaban J connectivity index is 1.55. The number of carbonyl (C=O) groups is 1. The first kappa shape index (κ1) is 12.9. The van der Waals surface area contributed by atoms with Crippen LogP contribution in [0.2, 0.25) is 0 Å². The predicted octanol–water partition coefficient (Wildman–Crippen LogP) is 1.92. The van der Waals surface area contributed by atoms with Crippen molar-refractivity contribution in [3.05, 3.63) is 41.1 Å². The van der Waals surface area contributed by atoms with E-state index in [1.165, 1.54) is 11.9 Å². The molecule has 0 saturated carbocycles. The third-order valence-electron chi connectivity index (χ3n) is 4.40. The fourth-order valence-electron chi connectivity index (χ4n) is 3.49. The second-order valence-corrected chi connectivity index (χ2v) is 6.37. The van der Waals surface area contributed by atoms with Gasteiger partial charge < -0.3 is 4.90 Å². The average molecular weight is 300 g/mol. The molecule has 2 saturated heterocycles. The molecule has 2 unspecified atom stereocenters. The minimum Gasteiger partial charge on any atom is -0.305 e. The molecule has 2 atom stereocenters. The van der Waals surface area contributed by atoms with Gasteiger partial charge in [-0.3, -0.25) is 9.69 Å². The number of thiophene rings is 1. The van der Waals surface area contributed by atoms with Gasteiger partial charge in [-0.2, -0.15) is 11.3 Å². The van der Waals surface area contributed by atoms with E-state index in [1.54, 1.807) is 23.7 Å². The molecule has 0 radical (unpaired) electrons. The summed E-state index contributed by atoms with van der Waals surface area (Å²) < 4.78 is 0. The van der Waals surface area contributed by atoms with Gasteiger partial charge in [0.05, 0.1) is 24.1 Å². The van der Waals surface area contributed by atoms with Crippen LogP contribution >= 0.6 is 11.3 Å². The van der Waals surface area contributed by atoms with E-state index in [0.717, 1.165) is 25.2 Å². The van der Waals surface area contributed by atoms with Gasteiger partial charge >= 0.3 is 0 Å².